The van der Waals surface area contributed by atoms with Gasteiger partial charge in [0, 0.05) is 50.4 Å². The van der Waals surface area contributed by atoms with Crippen molar-refractivity contribution in [3.63, 3.8) is 0 Å². The molecule has 3 aliphatic heterocycles. The maximum Gasteiger partial charge on any atom is 0.222 e. The summed E-state index contributed by atoms with van der Waals surface area (Å²) in [7, 11) is 4.02. The number of aryl methyl sites for hydroxylation is 2. The standard InChI is InChI=1S/C31H35N9O3/c1-19-13-20(5-7-25(19)43-28(32-2)14-27-34-18-36-39(27)4)37-31-29-22(33-17-35-31)6-8-26(42-21-10-12-41-16-21)30(29)40-15-24-23(40)9-11-38(24)3/h5-8,13-14,17-18,21,23-24H,2,9-12,15-16H2,1,3-4H3,(H,33,35,37)/b28-14+/t21-,23-,24-/m0/s1. The van der Waals surface area contributed by atoms with E-state index < -0.39 is 0 Å². The van der Waals surface area contributed by atoms with Gasteiger partial charge in [-0.2, -0.15) is 5.10 Å². The summed E-state index contributed by atoms with van der Waals surface area (Å²) in [6.07, 6.45) is 6.81. The van der Waals surface area contributed by atoms with Crippen LogP contribution in [0.2, 0.25) is 0 Å². The summed E-state index contributed by atoms with van der Waals surface area (Å²) < 4.78 is 19.9. The van der Waals surface area contributed by atoms with E-state index in [1.807, 2.05) is 31.2 Å². The number of aliphatic imine (C=N–C) groups is 1. The van der Waals surface area contributed by atoms with Crippen molar-refractivity contribution in [3.05, 3.63) is 60.3 Å². The van der Waals surface area contributed by atoms with Crippen LogP contribution in [0, 0.1) is 6.92 Å². The molecule has 43 heavy (non-hydrogen) atoms. The van der Waals surface area contributed by atoms with E-state index in [4.69, 9.17) is 19.2 Å². The number of nitrogens with one attached hydrogen (secondary N) is 1. The SMILES string of the molecule is C=N/C(=C\c1ncnn1C)Oc1ccc(Nc2ncnc3ccc(O[C@H]4CCOC4)c(N4C[C@H]5[C@@H]4CCN5C)c23)cc1C. The first kappa shape index (κ1) is 27.3. The van der Waals surface area contributed by atoms with Crippen LogP contribution in [0.5, 0.6) is 11.5 Å². The molecule has 0 saturated carbocycles. The Balaban J connectivity index is 1.21. The van der Waals surface area contributed by atoms with Crippen molar-refractivity contribution in [3.8, 4) is 11.5 Å². The number of aromatic nitrogens is 5. The van der Waals surface area contributed by atoms with Crippen molar-refractivity contribution >= 4 is 40.9 Å². The number of hydrogen-bond donors (Lipinski definition) is 1. The number of anilines is 3. The number of likely N-dealkylation sites (N-methyl/N-ethyl adjacent to an activating group) is 1. The number of nitrogens with zero attached hydrogens (tertiary/aromatic N) is 8. The predicted octanol–water partition coefficient (Wildman–Crippen LogP) is 3.95. The highest BCUT2D eigenvalue weighted by Gasteiger charge is 2.47. The van der Waals surface area contributed by atoms with E-state index >= 15 is 0 Å². The zero-order valence-electron chi connectivity index (χ0n) is 24.6. The second-order valence-corrected chi connectivity index (χ2v) is 11.3. The molecule has 3 saturated heterocycles. The van der Waals surface area contributed by atoms with Crippen LogP contribution in [0.3, 0.4) is 0 Å². The van der Waals surface area contributed by atoms with Gasteiger partial charge in [0.15, 0.2) is 5.82 Å². The van der Waals surface area contributed by atoms with Gasteiger partial charge in [-0.15, -0.1) is 0 Å². The molecule has 222 valence electrons. The van der Waals surface area contributed by atoms with Crippen molar-refractivity contribution in [2.24, 2.45) is 12.0 Å². The minimum absolute atomic E-state index is 0.0356. The van der Waals surface area contributed by atoms with Crippen LogP contribution in [0.15, 0.2) is 53.9 Å². The topological polar surface area (TPSA) is 115 Å². The quantitative estimate of drug-likeness (QED) is 0.230. The molecule has 2 aromatic heterocycles. The first-order chi connectivity index (χ1) is 21.0. The lowest BCUT2D eigenvalue weighted by Crippen LogP contribution is -2.61. The second kappa shape index (κ2) is 11.3. The lowest BCUT2D eigenvalue weighted by Gasteiger charge is -2.48. The Bertz CT molecular complexity index is 1700. The zero-order valence-corrected chi connectivity index (χ0v) is 24.6. The fourth-order valence-electron chi connectivity index (χ4n) is 6.19. The molecule has 0 spiro atoms. The Labute approximate surface area is 250 Å². The van der Waals surface area contributed by atoms with Gasteiger partial charge in [-0.25, -0.2) is 24.6 Å². The van der Waals surface area contributed by atoms with E-state index in [9.17, 15) is 0 Å². The van der Waals surface area contributed by atoms with E-state index in [0.717, 1.165) is 71.9 Å². The van der Waals surface area contributed by atoms with Gasteiger partial charge in [-0.05, 0) is 63.0 Å². The summed E-state index contributed by atoms with van der Waals surface area (Å²) in [5.74, 6) is 3.19. The molecule has 0 bridgehead atoms. The third kappa shape index (κ3) is 5.17. The van der Waals surface area contributed by atoms with Crippen LogP contribution >= 0.6 is 0 Å². The lowest BCUT2D eigenvalue weighted by atomic mass is 9.94. The number of fused-ring (bicyclic) bond motifs is 2. The first-order valence-corrected chi connectivity index (χ1v) is 14.6. The Morgan fingerprint density at radius 2 is 1.98 bits per heavy atom. The van der Waals surface area contributed by atoms with Crippen molar-refractivity contribution < 1.29 is 14.2 Å². The molecule has 3 aliphatic rings. The average Bonchev–Trinajstić information content (AvgIpc) is 3.72. The summed E-state index contributed by atoms with van der Waals surface area (Å²) in [5, 5.41) is 8.60. The molecule has 0 amide bonds. The summed E-state index contributed by atoms with van der Waals surface area (Å²) in [5.41, 5.74) is 3.71. The lowest BCUT2D eigenvalue weighted by molar-refractivity contribution is 0.141. The highest BCUT2D eigenvalue weighted by atomic mass is 16.5. The van der Waals surface area contributed by atoms with Crippen molar-refractivity contribution in [2.75, 3.05) is 43.6 Å². The van der Waals surface area contributed by atoms with Crippen LogP contribution in [-0.2, 0) is 11.8 Å². The van der Waals surface area contributed by atoms with Crippen molar-refractivity contribution in [1.29, 1.82) is 0 Å². The molecule has 1 N–H and O–H groups in total. The molecule has 4 aromatic rings. The highest BCUT2D eigenvalue weighted by Crippen LogP contribution is 2.46. The van der Waals surface area contributed by atoms with Crippen molar-refractivity contribution in [1.82, 2.24) is 29.6 Å². The van der Waals surface area contributed by atoms with Crippen LogP contribution in [0.1, 0.15) is 24.2 Å². The van der Waals surface area contributed by atoms with Crippen LogP contribution < -0.4 is 19.7 Å². The highest BCUT2D eigenvalue weighted by molar-refractivity contribution is 6.04. The molecule has 7 rings (SSSR count). The molecular formula is C31H35N9O3. The molecular weight excluding hydrogens is 546 g/mol. The maximum atomic E-state index is 6.57. The molecule has 3 atom stereocenters. The van der Waals surface area contributed by atoms with Crippen LogP contribution in [0.4, 0.5) is 17.2 Å². The molecule has 12 nitrogen and oxygen atoms in total. The normalized spacial score (nSPS) is 22.0. The van der Waals surface area contributed by atoms with Gasteiger partial charge in [0.1, 0.15) is 36.1 Å². The van der Waals surface area contributed by atoms with Crippen LogP contribution in [0.25, 0.3) is 17.0 Å². The monoisotopic (exact) mass is 581 g/mol. The van der Waals surface area contributed by atoms with Crippen LogP contribution in [-0.4, -0.2) is 87.9 Å². The molecule has 0 radical (unpaired) electrons. The van der Waals surface area contributed by atoms with Gasteiger partial charge in [0.05, 0.1) is 29.8 Å². The average molecular weight is 582 g/mol. The summed E-state index contributed by atoms with van der Waals surface area (Å²) in [6.45, 7) is 9.00. The third-order valence-corrected chi connectivity index (χ3v) is 8.59. The van der Waals surface area contributed by atoms with Gasteiger partial charge in [0.2, 0.25) is 5.88 Å². The smallest absolute Gasteiger partial charge is 0.222 e. The number of ether oxygens (including phenoxy) is 3. The predicted molar refractivity (Wildman–Crippen MR) is 165 cm³/mol. The fourth-order valence-corrected chi connectivity index (χ4v) is 6.19. The Kier molecular flexibility index (Phi) is 7.15. The van der Waals surface area contributed by atoms with E-state index in [2.05, 4.69) is 55.0 Å². The van der Waals surface area contributed by atoms with Gasteiger partial charge < -0.3 is 24.4 Å². The number of rotatable bonds is 9. The van der Waals surface area contributed by atoms with E-state index in [0.29, 0.717) is 36.1 Å². The molecule has 2 aromatic carbocycles. The fraction of sp³-hybridized carbons (Fsp3) is 0.387. The maximum absolute atomic E-state index is 6.57. The Morgan fingerprint density at radius 1 is 1.09 bits per heavy atom. The third-order valence-electron chi connectivity index (χ3n) is 8.59. The van der Waals surface area contributed by atoms with Gasteiger partial charge in [-0.3, -0.25) is 4.90 Å². The Hall–Kier alpha value is -4.55. The van der Waals surface area contributed by atoms with Gasteiger partial charge >= 0.3 is 0 Å². The van der Waals surface area contributed by atoms with Gasteiger partial charge in [-0.1, -0.05) is 0 Å². The summed E-state index contributed by atoms with van der Waals surface area (Å²) in [6, 6.07) is 10.9. The van der Waals surface area contributed by atoms with E-state index in [1.165, 1.54) is 6.33 Å². The minimum atomic E-state index is 0.0356. The minimum Gasteiger partial charge on any atom is -0.486 e. The largest absolute Gasteiger partial charge is 0.486 e. The summed E-state index contributed by atoms with van der Waals surface area (Å²) >= 11 is 0. The molecule has 3 fully saturated rings. The zero-order chi connectivity index (χ0) is 29.5. The molecule has 12 heteroatoms. The Morgan fingerprint density at radius 3 is 2.72 bits per heavy atom. The molecule has 0 unspecified atom stereocenters. The van der Waals surface area contributed by atoms with Crippen molar-refractivity contribution in [2.45, 2.75) is 38.0 Å². The van der Waals surface area contributed by atoms with E-state index in [-0.39, 0.29) is 6.10 Å². The number of benzene rings is 2. The number of hydrogen-bond acceptors (Lipinski definition) is 11. The molecule has 5 heterocycles. The van der Waals surface area contributed by atoms with Gasteiger partial charge in [0.25, 0.3) is 0 Å². The number of likely N-dealkylation sites (tertiary alicyclic amines) is 1. The second-order valence-electron chi connectivity index (χ2n) is 11.3. The first-order valence-electron chi connectivity index (χ1n) is 14.6. The summed E-state index contributed by atoms with van der Waals surface area (Å²) in [4.78, 5) is 22.5. The van der Waals surface area contributed by atoms with E-state index in [1.54, 1.807) is 24.1 Å². The molecule has 0 aliphatic carbocycles.